The van der Waals surface area contributed by atoms with E-state index in [2.05, 4.69) is 4.98 Å². The quantitative estimate of drug-likeness (QED) is 0.588. The molecule has 0 radical (unpaired) electrons. The minimum atomic E-state index is -0.252. The fourth-order valence-corrected chi connectivity index (χ4v) is 1.39. The molecule has 0 amide bonds. The number of rotatable bonds is 2. The summed E-state index contributed by atoms with van der Waals surface area (Å²) in [6.07, 6.45) is 1.55. The number of nitrogens with zero attached hydrogens (tertiary/aromatic N) is 1. The fourth-order valence-electron chi connectivity index (χ4n) is 1.39. The number of aromatic nitrogens is 1. The van der Waals surface area contributed by atoms with Gasteiger partial charge in [-0.05, 0) is 24.3 Å². The number of anilines is 1. The summed E-state index contributed by atoms with van der Waals surface area (Å²) in [4.78, 5) is 15.9. The van der Waals surface area contributed by atoms with Crippen LogP contribution in [0.15, 0.2) is 42.6 Å². The number of hydrogen-bond donors (Lipinski definition) is 2. The summed E-state index contributed by atoms with van der Waals surface area (Å²) in [5.41, 5.74) is 6.57. The van der Waals surface area contributed by atoms with E-state index in [4.69, 9.17) is 5.73 Å². The number of carbonyl (C=O) groups excluding carboxylic acids is 1. The third-order valence-electron chi connectivity index (χ3n) is 2.18. The van der Waals surface area contributed by atoms with Crippen LogP contribution in [0, 0.1) is 0 Å². The van der Waals surface area contributed by atoms with E-state index in [0.29, 0.717) is 11.3 Å². The second-order valence-corrected chi connectivity index (χ2v) is 3.32. The first-order valence-corrected chi connectivity index (χ1v) is 4.72. The van der Waals surface area contributed by atoms with Crippen LogP contribution in [-0.4, -0.2) is 15.9 Å². The molecule has 16 heavy (non-hydrogen) atoms. The molecule has 1 aromatic heterocycles. The van der Waals surface area contributed by atoms with E-state index in [9.17, 15) is 9.90 Å². The average molecular weight is 214 g/mol. The van der Waals surface area contributed by atoms with E-state index >= 15 is 0 Å². The molecule has 0 aliphatic rings. The Kier molecular flexibility index (Phi) is 2.55. The van der Waals surface area contributed by atoms with Crippen molar-refractivity contribution in [1.29, 1.82) is 0 Å². The van der Waals surface area contributed by atoms with Gasteiger partial charge in [0, 0.05) is 23.5 Å². The summed E-state index contributed by atoms with van der Waals surface area (Å²) in [6, 6.07) is 9.34. The molecule has 0 fully saturated rings. The molecule has 0 bridgehead atoms. The molecular formula is C12H10N2O2. The lowest BCUT2D eigenvalue weighted by atomic mass is 10.1. The van der Waals surface area contributed by atoms with Gasteiger partial charge in [-0.3, -0.25) is 9.78 Å². The second-order valence-electron chi connectivity index (χ2n) is 3.32. The second kappa shape index (κ2) is 4.02. The largest absolute Gasteiger partial charge is 0.508 e. The fraction of sp³-hybridized carbons (Fsp3) is 0. The molecule has 1 aromatic carbocycles. The first-order chi connectivity index (χ1) is 7.68. The molecule has 4 nitrogen and oxygen atoms in total. The predicted octanol–water partition coefficient (Wildman–Crippen LogP) is 1.60. The zero-order valence-corrected chi connectivity index (χ0v) is 8.42. The van der Waals surface area contributed by atoms with Crippen LogP contribution in [0.4, 0.5) is 5.69 Å². The molecule has 0 aliphatic heterocycles. The summed E-state index contributed by atoms with van der Waals surface area (Å²) in [5, 5.41) is 9.18. The van der Waals surface area contributed by atoms with Crippen molar-refractivity contribution in [2.75, 3.05) is 5.73 Å². The van der Waals surface area contributed by atoms with Crippen molar-refractivity contribution in [1.82, 2.24) is 4.98 Å². The maximum absolute atomic E-state index is 12.0. The number of pyridine rings is 1. The molecule has 2 rings (SSSR count). The highest BCUT2D eigenvalue weighted by molar-refractivity contribution is 6.10. The Balaban J connectivity index is 2.42. The summed E-state index contributed by atoms with van der Waals surface area (Å²) in [6.45, 7) is 0. The van der Waals surface area contributed by atoms with Gasteiger partial charge in [0.05, 0.1) is 0 Å². The maximum atomic E-state index is 12.0. The van der Waals surface area contributed by atoms with Crippen molar-refractivity contribution >= 4 is 11.5 Å². The van der Waals surface area contributed by atoms with E-state index in [0.717, 1.165) is 0 Å². The van der Waals surface area contributed by atoms with Gasteiger partial charge < -0.3 is 10.8 Å². The summed E-state index contributed by atoms with van der Waals surface area (Å²) >= 11 is 0. The van der Waals surface area contributed by atoms with Crippen LogP contribution in [0.2, 0.25) is 0 Å². The van der Waals surface area contributed by atoms with Crippen LogP contribution in [0.25, 0.3) is 0 Å². The molecule has 0 atom stereocenters. The summed E-state index contributed by atoms with van der Waals surface area (Å²) in [7, 11) is 0. The zero-order chi connectivity index (χ0) is 11.5. The van der Waals surface area contributed by atoms with Gasteiger partial charge in [0.25, 0.3) is 0 Å². The lowest BCUT2D eigenvalue weighted by molar-refractivity contribution is 0.103. The zero-order valence-electron chi connectivity index (χ0n) is 8.42. The third-order valence-corrected chi connectivity index (χ3v) is 2.18. The van der Waals surface area contributed by atoms with Gasteiger partial charge in [0.15, 0.2) is 0 Å². The van der Waals surface area contributed by atoms with Crippen molar-refractivity contribution in [3.63, 3.8) is 0 Å². The van der Waals surface area contributed by atoms with Crippen LogP contribution in [0.1, 0.15) is 16.1 Å². The number of phenols is 1. The van der Waals surface area contributed by atoms with Gasteiger partial charge in [-0.1, -0.05) is 6.07 Å². The normalized spacial score (nSPS) is 10.0. The molecule has 0 unspecified atom stereocenters. The number of phenolic OH excluding ortho intramolecular Hbond substituents is 1. The smallest absolute Gasteiger partial charge is 0.213 e. The molecule has 0 aliphatic carbocycles. The van der Waals surface area contributed by atoms with Crippen LogP contribution in [0.3, 0.4) is 0 Å². The average Bonchev–Trinajstić information content (AvgIpc) is 2.29. The van der Waals surface area contributed by atoms with Gasteiger partial charge in [-0.2, -0.15) is 0 Å². The Morgan fingerprint density at radius 3 is 2.69 bits per heavy atom. The Morgan fingerprint density at radius 1 is 1.25 bits per heavy atom. The molecule has 2 aromatic rings. The third kappa shape index (κ3) is 1.86. The first-order valence-electron chi connectivity index (χ1n) is 4.72. The first kappa shape index (κ1) is 10.2. The minimum Gasteiger partial charge on any atom is -0.508 e. The van der Waals surface area contributed by atoms with Crippen molar-refractivity contribution in [3.8, 4) is 5.75 Å². The van der Waals surface area contributed by atoms with Crippen LogP contribution >= 0.6 is 0 Å². The van der Waals surface area contributed by atoms with E-state index in [1.807, 2.05) is 0 Å². The molecule has 0 saturated heterocycles. The molecule has 0 spiro atoms. The maximum Gasteiger partial charge on any atom is 0.213 e. The molecule has 1 heterocycles. The lowest BCUT2D eigenvalue weighted by Crippen LogP contribution is -2.06. The molecule has 80 valence electrons. The van der Waals surface area contributed by atoms with E-state index < -0.39 is 0 Å². The molecular weight excluding hydrogens is 204 g/mol. The van der Waals surface area contributed by atoms with Crippen LogP contribution in [0.5, 0.6) is 5.75 Å². The van der Waals surface area contributed by atoms with Gasteiger partial charge in [-0.25, -0.2) is 0 Å². The highest BCUT2D eigenvalue weighted by atomic mass is 16.3. The van der Waals surface area contributed by atoms with Gasteiger partial charge in [0.1, 0.15) is 11.4 Å². The summed E-state index contributed by atoms with van der Waals surface area (Å²) in [5.74, 6) is -0.215. The van der Waals surface area contributed by atoms with Crippen LogP contribution in [-0.2, 0) is 0 Å². The van der Waals surface area contributed by atoms with Crippen molar-refractivity contribution in [2.45, 2.75) is 0 Å². The predicted molar refractivity (Wildman–Crippen MR) is 60.2 cm³/mol. The van der Waals surface area contributed by atoms with Crippen molar-refractivity contribution in [3.05, 3.63) is 53.9 Å². The van der Waals surface area contributed by atoms with Crippen molar-refractivity contribution in [2.24, 2.45) is 0 Å². The molecule has 0 saturated carbocycles. The number of nitrogens with two attached hydrogens (primary N) is 1. The number of ketones is 1. The van der Waals surface area contributed by atoms with E-state index in [1.165, 1.54) is 18.2 Å². The van der Waals surface area contributed by atoms with E-state index in [1.54, 1.807) is 24.4 Å². The molecule has 3 N–H and O–H groups in total. The monoisotopic (exact) mass is 214 g/mol. The number of benzene rings is 1. The number of nitrogen functional groups attached to an aromatic ring is 1. The van der Waals surface area contributed by atoms with E-state index in [-0.39, 0.29) is 17.2 Å². The van der Waals surface area contributed by atoms with Gasteiger partial charge in [-0.15, -0.1) is 0 Å². The SMILES string of the molecule is Nc1cc(O)ccc1C(=O)c1ccccn1. The summed E-state index contributed by atoms with van der Waals surface area (Å²) < 4.78 is 0. The number of carbonyl (C=O) groups is 1. The minimum absolute atomic E-state index is 0.0371. The van der Waals surface area contributed by atoms with Gasteiger partial charge >= 0.3 is 0 Å². The number of aromatic hydroxyl groups is 1. The van der Waals surface area contributed by atoms with Crippen LogP contribution < -0.4 is 5.73 Å². The lowest BCUT2D eigenvalue weighted by Gasteiger charge is -2.04. The topological polar surface area (TPSA) is 76.2 Å². The standard InChI is InChI=1S/C12H10N2O2/c13-10-7-8(15)4-5-9(10)12(16)11-3-1-2-6-14-11/h1-7,15H,13H2. The Labute approximate surface area is 92.4 Å². The molecule has 4 heteroatoms. The Morgan fingerprint density at radius 2 is 2.06 bits per heavy atom. The Bertz CT molecular complexity index is 524. The highest BCUT2D eigenvalue weighted by Gasteiger charge is 2.13. The van der Waals surface area contributed by atoms with Crippen molar-refractivity contribution < 1.29 is 9.90 Å². The number of hydrogen-bond acceptors (Lipinski definition) is 4. The Hall–Kier alpha value is -2.36. The van der Waals surface area contributed by atoms with Gasteiger partial charge in [0.2, 0.25) is 5.78 Å². The highest BCUT2D eigenvalue weighted by Crippen LogP contribution is 2.20.